The maximum atomic E-state index is 13.1. The third-order valence-corrected chi connectivity index (χ3v) is 2.31. The first kappa shape index (κ1) is 12.5. The van der Waals surface area contributed by atoms with Gasteiger partial charge in [-0.15, -0.1) is 0 Å². The molecule has 0 aliphatic heterocycles. The van der Waals surface area contributed by atoms with Crippen molar-refractivity contribution in [3.63, 3.8) is 0 Å². The first-order valence-corrected chi connectivity index (χ1v) is 5.01. The van der Waals surface area contributed by atoms with E-state index in [-0.39, 0.29) is 16.7 Å². The fraction of sp³-hybridized carbons (Fsp3) is 0.273. The van der Waals surface area contributed by atoms with Crippen LogP contribution in [0.4, 0.5) is 23.4 Å². The van der Waals surface area contributed by atoms with Crippen LogP contribution in [0.1, 0.15) is 5.82 Å². The van der Waals surface area contributed by atoms with E-state index in [4.69, 9.17) is 0 Å². The molecule has 2 aromatic rings. The lowest BCUT2D eigenvalue weighted by Gasteiger charge is -2.16. The number of anilines is 1. The van der Waals surface area contributed by atoms with Crippen molar-refractivity contribution >= 4 is 16.7 Å². The molecule has 96 valence electrons. The largest absolute Gasteiger partial charge is 0.451 e. The molecule has 0 aliphatic carbocycles. The van der Waals surface area contributed by atoms with E-state index in [1.807, 2.05) is 0 Å². The van der Waals surface area contributed by atoms with Gasteiger partial charge in [-0.2, -0.15) is 13.2 Å². The lowest BCUT2D eigenvalue weighted by atomic mass is 10.2. The Labute approximate surface area is 100 Å². The molecule has 0 radical (unpaired) electrons. The first-order valence-electron chi connectivity index (χ1n) is 5.01. The van der Waals surface area contributed by atoms with Crippen LogP contribution in [-0.4, -0.2) is 24.1 Å². The Bertz CT molecular complexity index is 593. The van der Waals surface area contributed by atoms with Crippen LogP contribution in [0.15, 0.2) is 18.2 Å². The molecule has 18 heavy (non-hydrogen) atoms. The highest BCUT2D eigenvalue weighted by atomic mass is 19.4. The zero-order valence-electron chi connectivity index (χ0n) is 9.59. The SMILES string of the molecule is CN(C)c1nc(C(F)(F)F)nc2ccc(F)cc12. The van der Waals surface area contributed by atoms with Crippen LogP contribution in [0.5, 0.6) is 0 Å². The summed E-state index contributed by atoms with van der Waals surface area (Å²) in [6, 6.07) is 3.38. The molecule has 0 fully saturated rings. The zero-order valence-corrected chi connectivity index (χ0v) is 9.59. The van der Waals surface area contributed by atoms with E-state index < -0.39 is 17.8 Å². The van der Waals surface area contributed by atoms with Crippen LogP contribution in [-0.2, 0) is 6.18 Å². The van der Waals surface area contributed by atoms with Gasteiger partial charge in [0.1, 0.15) is 11.6 Å². The van der Waals surface area contributed by atoms with Crippen LogP contribution in [0, 0.1) is 5.82 Å². The smallest absolute Gasteiger partial charge is 0.362 e. The summed E-state index contributed by atoms with van der Waals surface area (Å²) in [6.07, 6.45) is -4.63. The molecule has 0 amide bonds. The molecule has 0 unspecified atom stereocenters. The van der Waals surface area contributed by atoms with E-state index in [2.05, 4.69) is 9.97 Å². The molecular weight excluding hydrogens is 250 g/mol. The van der Waals surface area contributed by atoms with Gasteiger partial charge in [0, 0.05) is 19.5 Å². The molecule has 3 nitrogen and oxygen atoms in total. The number of hydrogen-bond donors (Lipinski definition) is 0. The zero-order chi connectivity index (χ0) is 13.5. The summed E-state index contributed by atoms with van der Waals surface area (Å²) in [5.74, 6) is -1.74. The van der Waals surface area contributed by atoms with Crippen LogP contribution < -0.4 is 4.90 Å². The van der Waals surface area contributed by atoms with Crippen molar-refractivity contribution in [2.75, 3.05) is 19.0 Å². The Morgan fingerprint density at radius 3 is 2.33 bits per heavy atom. The lowest BCUT2D eigenvalue weighted by Crippen LogP contribution is -2.17. The molecule has 1 aromatic heterocycles. The second-order valence-electron chi connectivity index (χ2n) is 3.92. The van der Waals surface area contributed by atoms with Gasteiger partial charge < -0.3 is 4.90 Å². The number of alkyl halides is 3. The summed E-state index contributed by atoms with van der Waals surface area (Å²) in [5, 5.41) is 0.244. The van der Waals surface area contributed by atoms with Gasteiger partial charge in [0.15, 0.2) is 0 Å². The number of halogens is 4. The minimum Gasteiger partial charge on any atom is -0.362 e. The number of fused-ring (bicyclic) bond motifs is 1. The number of aromatic nitrogens is 2. The van der Waals surface area contributed by atoms with Crippen molar-refractivity contribution in [2.45, 2.75) is 6.18 Å². The van der Waals surface area contributed by atoms with Gasteiger partial charge >= 0.3 is 6.18 Å². The van der Waals surface area contributed by atoms with E-state index in [0.717, 1.165) is 12.1 Å². The van der Waals surface area contributed by atoms with E-state index in [9.17, 15) is 17.6 Å². The van der Waals surface area contributed by atoms with Crippen LogP contribution in [0.3, 0.4) is 0 Å². The summed E-state index contributed by atoms with van der Waals surface area (Å²) in [5.41, 5.74) is 0.0578. The molecule has 0 aliphatic rings. The highest BCUT2D eigenvalue weighted by Gasteiger charge is 2.35. The quantitative estimate of drug-likeness (QED) is 0.737. The van der Waals surface area contributed by atoms with Crippen molar-refractivity contribution in [3.05, 3.63) is 29.8 Å². The molecule has 0 saturated carbocycles. The fourth-order valence-electron chi connectivity index (χ4n) is 1.55. The van der Waals surface area contributed by atoms with Crippen LogP contribution >= 0.6 is 0 Å². The minimum absolute atomic E-state index is 0.0341. The third-order valence-electron chi connectivity index (χ3n) is 2.31. The topological polar surface area (TPSA) is 29.0 Å². The van der Waals surface area contributed by atoms with Gasteiger partial charge in [0.2, 0.25) is 5.82 Å². The van der Waals surface area contributed by atoms with Crippen molar-refractivity contribution in [3.8, 4) is 0 Å². The Kier molecular flexibility index (Phi) is 2.84. The minimum atomic E-state index is -4.63. The van der Waals surface area contributed by atoms with Crippen LogP contribution in [0.2, 0.25) is 0 Å². The van der Waals surface area contributed by atoms with Crippen LogP contribution in [0.25, 0.3) is 10.9 Å². The molecule has 2 rings (SSSR count). The van der Waals surface area contributed by atoms with E-state index in [1.165, 1.54) is 25.1 Å². The highest BCUT2D eigenvalue weighted by molar-refractivity contribution is 5.89. The number of benzene rings is 1. The van der Waals surface area contributed by atoms with E-state index in [0.29, 0.717) is 0 Å². The maximum absolute atomic E-state index is 13.1. The second-order valence-corrected chi connectivity index (χ2v) is 3.92. The van der Waals surface area contributed by atoms with Gasteiger partial charge in [-0.1, -0.05) is 0 Å². The molecule has 0 bridgehead atoms. The molecule has 0 saturated heterocycles. The fourth-order valence-corrected chi connectivity index (χ4v) is 1.55. The van der Waals surface area contributed by atoms with Crippen molar-refractivity contribution < 1.29 is 17.6 Å². The molecule has 0 N–H and O–H groups in total. The number of nitrogens with zero attached hydrogens (tertiary/aromatic N) is 3. The standard InChI is InChI=1S/C11H9F4N3/c1-18(2)9-7-5-6(12)3-4-8(7)16-10(17-9)11(13,14)15/h3-5H,1-2H3. The van der Waals surface area contributed by atoms with Gasteiger partial charge in [0.05, 0.1) is 5.52 Å². The molecule has 1 heterocycles. The van der Waals surface area contributed by atoms with E-state index in [1.54, 1.807) is 0 Å². The average molecular weight is 259 g/mol. The number of rotatable bonds is 1. The predicted octanol–water partition coefficient (Wildman–Crippen LogP) is 2.85. The molecular formula is C11H9F4N3. The normalized spacial score (nSPS) is 11.9. The summed E-state index contributed by atoms with van der Waals surface area (Å²) < 4.78 is 51.0. The lowest BCUT2D eigenvalue weighted by molar-refractivity contribution is -0.144. The third kappa shape index (κ3) is 2.20. The Morgan fingerprint density at radius 2 is 1.78 bits per heavy atom. The second kappa shape index (κ2) is 4.08. The highest BCUT2D eigenvalue weighted by Crippen LogP contribution is 2.31. The van der Waals surface area contributed by atoms with Gasteiger partial charge in [-0.05, 0) is 18.2 Å². The van der Waals surface area contributed by atoms with Crippen molar-refractivity contribution in [2.24, 2.45) is 0 Å². The van der Waals surface area contributed by atoms with Gasteiger partial charge in [0.25, 0.3) is 0 Å². The molecule has 7 heteroatoms. The van der Waals surface area contributed by atoms with Crippen molar-refractivity contribution in [1.29, 1.82) is 0 Å². The predicted molar refractivity (Wildman–Crippen MR) is 58.8 cm³/mol. The summed E-state index contributed by atoms with van der Waals surface area (Å²) >= 11 is 0. The monoisotopic (exact) mass is 259 g/mol. The van der Waals surface area contributed by atoms with E-state index >= 15 is 0 Å². The Hall–Kier alpha value is -1.92. The summed E-state index contributed by atoms with van der Waals surface area (Å²) in [4.78, 5) is 8.22. The summed E-state index contributed by atoms with van der Waals surface area (Å²) in [6.45, 7) is 0. The molecule has 0 spiro atoms. The summed E-state index contributed by atoms with van der Waals surface area (Å²) in [7, 11) is 3.07. The first-order chi connectivity index (χ1) is 8.29. The molecule has 1 aromatic carbocycles. The van der Waals surface area contributed by atoms with Gasteiger partial charge in [-0.3, -0.25) is 0 Å². The average Bonchev–Trinajstić information content (AvgIpc) is 2.25. The molecule has 0 atom stereocenters. The van der Waals surface area contributed by atoms with Gasteiger partial charge in [-0.25, -0.2) is 14.4 Å². The van der Waals surface area contributed by atoms with Crippen molar-refractivity contribution in [1.82, 2.24) is 9.97 Å². The maximum Gasteiger partial charge on any atom is 0.451 e. The Balaban J connectivity index is 2.79. The Morgan fingerprint density at radius 1 is 1.11 bits per heavy atom. The number of hydrogen-bond acceptors (Lipinski definition) is 3.